The fourth-order valence-corrected chi connectivity index (χ4v) is 2.42. The SMILES string of the molecule is NCc1ccc(C(F)(F)F)nc1N1CCn2ccnc2C1. The summed E-state index contributed by atoms with van der Waals surface area (Å²) in [5.74, 6) is 1.10. The van der Waals surface area contributed by atoms with Crippen molar-refractivity contribution in [1.82, 2.24) is 14.5 Å². The summed E-state index contributed by atoms with van der Waals surface area (Å²) in [5.41, 5.74) is 5.32. The van der Waals surface area contributed by atoms with Crippen LogP contribution in [0.4, 0.5) is 19.0 Å². The van der Waals surface area contributed by atoms with Crippen molar-refractivity contribution in [2.75, 3.05) is 11.4 Å². The lowest BCUT2D eigenvalue weighted by Gasteiger charge is -2.30. The molecule has 0 spiro atoms. The second-order valence-corrected chi connectivity index (χ2v) is 4.84. The Morgan fingerprint density at radius 3 is 2.76 bits per heavy atom. The molecular formula is C13H14F3N5. The largest absolute Gasteiger partial charge is 0.433 e. The molecule has 0 unspecified atom stereocenters. The van der Waals surface area contributed by atoms with Gasteiger partial charge < -0.3 is 15.2 Å². The molecule has 2 aromatic heterocycles. The molecule has 0 saturated heterocycles. The maximum absolute atomic E-state index is 12.8. The number of alkyl halides is 3. The number of halogens is 3. The predicted octanol–water partition coefficient (Wildman–Crippen LogP) is 1.78. The van der Waals surface area contributed by atoms with E-state index in [1.54, 1.807) is 11.1 Å². The van der Waals surface area contributed by atoms with Crippen LogP contribution < -0.4 is 10.6 Å². The second-order valence-electron chi connectivity index (χ2n) is 4.84. The summed E-state index contributed by atoms with van der Waals surface area (Å²) in [6.45, 7) is 1.81. The van der Waals surface area contributed by atoms with E-state index >= 15 is 0 Å². The summed E-state index contributed by atoms with van der Waals surface area (Å²) in [5, 5.41) is 0. The van der Waals surface area contributed by atoms with Crippen LogP contribution in [0.5, 0.6) is 0 Å². The zero-order valence-corrected chi connectivity index (χ0v) is 11.1. The second kappa shape index (κ2) is 5.03. The average Bonchev–Trinajstić information content (AvgIpc) is 2.93. The lowest BCUT2D eigenvalue weighted by molar-refractivity contribution is -0.141. The van der Waals surface area contributed by atoms with E-state index in [1.807, 2.05) is 10.8 Å². The van der Waals surface area contributed by atoms with Crippen molar-refractivity contribution in [3.63, 3.8) is 0 Å². The van der Waals surface area contributed by atoms with Gasteiger partial charge in [-0.1, -0.05) is 6.07 Å². The van der Waals surface area contributed by atoms with Crippen LogP contribution in [0.25, 0.3) is 0 Å². The summed E-state index contributed by atoms with van der Waals surface area (Å²) < 4.78 is 40.5. The third-order valence-corrected chi connectivity index (χ3v) is 3.51. The molecule has 0 amide bonds. The molecule has 0 aromatic carbocycles. The van der Waals surface area contributed by atoms with Gasteiger partial charge in [0, 0.05) is 37.6 Å². The van der Waals surface area contributed by atoms with Gasteiger partial charge in [0.05, 0.1) is 6.54 Å². The minimum atomic E-state index is -4.46. The van der Waals surface area contributed by atoms with Crippen molar-refractivity contribution in [3.8, 4) is 0 Å². The zero-order valence-electron chi connectivity index (χ0n) is 11.1. The van der Waals surface area contributed by atoms with Gasteiger partial charge in [-0.3, -0.25) is 0 Å². The van der Waals surface area contributed by atoms with Crippen LogP contribution in [0.2, 0.25) is 0 Å². The van der Waals surface area contributed by atoms with Crippen LogP contribution in [0.1, 0.15) is 17.1 Å². The summed E-state index contributed by atoms with van der Waals surface area (Å²) in [7, 11) is 0. The van der Waals surface area contributed by atoms with Crippen LogP contribution in [-0.4, -0.2) is 21.1 Å². The first-order valence-electron chi connectivity index (χ1n) is 6.51. The summed E-state index contributed by atoms with van der Waals surface area (Å²) in [6, 6.07) is 2.36. The Morgan fingerprint density at radius 2 is 2.05 bits per heavy atom. The zero-order chi connectivity index (χ0) is 15.0. The molecule has 8 heteroatoms. The van der Waals surface area contributed by atoms with Crippen molar-refractivity contribution in [2.45, 2.75) is 25.8 Å². The molecule has 5 nitrogen and oxygen atoms in total. The summed E-state index contributed by atoms with van der Waals surface area (Å²) in [6.07, 6.45) is -0.922. The van der Waals surface area contributed by atoms with Gasteiger partial charge in [0.1, 0.15) is 17.3 Å². The number of nitrogens with two attached hydrogens (primary N) is 1. The third kappa shape index (κ3) is 2.58. The van der Waals surface area contributed by atoms with E-state index in [1.165, 1.54) is 6.07 Å². The number of hydrogen-bond acceptors (Lipinski definition) is 4. The Morgan fingerprint density at radius 1 is 1.24 bits per heavy atom. The van der Waals surface area contributed by atoms with Gasteiger partial charge in [-0.25, -0.2) is 9.97 Å². The van der Waals surface area contributed by atoms with Gasteiger partial charge in [0.15, 0.2) is 0 Å². The molecule has 0 radical (unpaired) electrons. The molecule has 3 heterocycles. The fraction of sp³-hybridized carbons (Fsp3) is 0.385. The number of hydrogen-bond donors (Lipinski definition) is 1. The molecule has 0 bridgehead atoms. The van der Waals surface area contributed by atoms with Crippen LogP contribution in [0.15, 0.2) is 24.5 Å². The first-order chi connectivity index (χ1) is 9.99. The standard InChI is InChI=1S/C13H14F3N5/c14-13(15,16)10-2-1-9(7-17)12(19-10)21-6-5-20-4-3-18-11(20)8-21/h1-4H,5-8,17H2. The van der Waals surface area contributed by atoms with Gasteiger partial charge >= 0.3 is 6.18 Å². The van der Waals surface area contributed by atoms with Crippen LogP contribution >= 0.6 is 0 Å². The Kier molecular flexibility index (Phi) is 3.32. The number of aromatic nitrogens is 3. The molecule has 0 saturated carbocycles. The molecule has 0 fully saturated rings. The summed E-state index contributed by atoms with van der Waals surface area (Å²) in [4.78, 5) is 9.77. The van der Waals surface area contributed by atoms with Gasteiger partial charge in [0.25, 0.3) is 0 Å². The number of anilines is 1. The van der Waals surface area contributed by atoms with Gasteiger partial charge in [-0.2, -0.15) is 13.2 Å². The molecule has 3 rings (SSSR count). The van der Waals surface area contributed by atoms with Gasteiger partial charge in [0.2, 0.25) is 0 Å². The topological polar surface area (TPSA) is 60.0 Å². The highest BCUT2D eigenvalue weighted by Gasteiger charge is 2.34. The summed E-state index contributed by atoms with van der Waals surface area (Å²) >= 11 is 0. The molecule has 1 aliphatic heterocycles. The lowest BCUT2D eigenvalue weighted by atomic mass is 10.2. The first kappa shape index (κ1) is 13.9. The van der Waals surface area contributed by atoms with E-state index < -0.39 is 11.9 Å². The molecule has 0 atom stereocenters. The maximum Gasteiger partial charge on any atom is 0.433 e. The van der Waals surface area contributed by atoms with Crippen molar-refractivity contribution < 1.29 is 13.2 Å². The van der Waals surface area contributed by atoms with E-state index in [-0.39, 0.29) is 6.54 Å². The molecule has 2 N–H and O–H groups in total. The quantitative estimate of drug-likeness (QED) is 0.918. The van der Waals surface area contributed by atoms with Crippen molar-refractivity contribution >= 4 is 5.82 Å². The Hall–Kier alpha value is -2.09. The number of fused-ring (bicyclic) bond motifs is 1. The third-order valence-electron chi connectivity index (χ3n) is 3.51. The molecular weight excluding hydrogens is 283 g/mol. The number of rotatable bonds is 2. The Bertz CT molecular complexity index is 649. The van der Waals surface area contributed by atoms with Gasteiger partial charge in [-0.05, 0) is 6.07 Å². The molecule has 0 aliphatic carbocycles. The number of imidazole rings is 1. The molecule has 2 aromatic rings. The van der Waals surface area contributed by atoms with Crippen molar-refractivity contribution in [2.24, 2.45) is 5.73 Å². The first-order valence-corrected chi connectivity index (χ1v) is 6.51. The van der Waals surface area contributed by atoms with E-state index in [4.69, 9.17) is 5.73 Å². The fourth-order valence-electron chi connectivity index (χ4n) is 2.42. The number of pyridine rings is 1. The molecule has 112 valence electrons. The molecule has 1 aliphatic rings. The minimum Gasteiger partial charge on any atom is -0.347 e. The normalized spacial score (nSPS) is 15.1. The van der Waals surface area contributed by atoms with E-state index in [0.29, 0.717) is 31.0 Å². The maximum atomic E-state index is 12.8. The van der Waals surface area contributed by atoms with E-state index in [9.17, 15) is 13.2 Å². The predicted molar refractivity (Wildman–Crippen MR) is 70.4 cm³/mol. The van der Waals surface area contributed by atoms with Crippen LogP contribution in [-0.2, 0) is 25.8 Å². The van der Waals surface area contributed by atoms with E-state index in [0.717, 1.165) is 11.9 Å². The highest BCUT2D eigenvalue weighted by Crippen LogP contribution is 2.31. The van der Waals surface area contributed by atoms with E-state index in [2.05, 4.69) is 9.97 Å². The Balaban J connectivity index is 1.97. The highest BCUT2D eigenvalue weighted by molar-refractivity contribution is 5.48. The lowest BCUT2D eigenvalue weighted by Crippen LogP contribution is -2.35. The smallest absolute Gasteiger partial charge is 0.347 e. The highest BCUT2D eigenvalue weighted by atomic mass is 19.4. The van der Waals surface area contributed by atoms with Gasteiger partial charge in [-0.15, -0.1) is 0 Å². The number of nitrogens with zero attached hydrogens (tertiary/aromatic N) is 4. The minimum absolute atomic E-state index is 0.144. The van der Waals surface area contributed by atoms with Crippen molar-refractivity contribution in [1.29, 1.82) is 0 Å². The Labute approximate surface area is 119 Å². The monoisotopic (exact) mass is 297 g/mol. The average molecular weight is 297 g/mol. The van der Waals surface area contributed by atoms with Crippen LogP contribution in [0, 0.1) is 0 Å². The molecule has 21 heavy (non-hydrogen) atoms. The van der Waals surface area contributed by atoms with Crippen LogP contribution in [0.3, 0.4) is 0 Å². The van der Waals surface area contributed by atoms with Crippen molar-refractivity contribution in [3.05, 3.63) is 41.6 Å².